The number of halogens is 1. The van der Waals surface area contributed by atoms with Gasteiger partial charge >= 0.3 is 0 Å². The van der Waals surface area contributed by atoms with Gasteiger partial charge in [-0.2, -0.15) is 0 Å². The summed E-state index contributed by atoms with van der Waals surface area (Å²) in [5.74, 6) is -0.984. The first-order valence-electron chi connectivity index (χ1n) is 8.35. The van der Waals surface area contributed by atoms with Crippen LogP contribution in [0.4, 0.5) is 15.8 Å². The Morgan fingerprint density at radius 3 is 2.64 bits per heavy atom. The molecule has 0 atom stereocenters. The number of amides is 1. The molecule has 0 spiro atoms. The van der Waals surface area contributed by atoms with E-state index >= 15 is 0 Å². The number of hydrogen-bond donors (Lipinski definition) is 1. The number of aryl methyl sites for hydroxylation is 1. The van der Waals surface area contributed by atoms with E-state index in [-0.39, 0.29) is 23.4 Å². The molecule has 0 aliphatic rings. The van der Waals surface area contributed by atoms with Crippen LogP contribution in [0.25, 0.3) is 0 Å². The van der Waals surface area contributed by atoms with Crippen LogP contribution in [0, 0.1) is 22.9 Å². The summed E-state index contributed by atoms with van der Waals surface area (Å²) in [7, 11) is 0. The maximum Gasteiger partial charge on any atom is 0.271 e. The fourth-order valence-electron chi connectivity index (χ4n) is 2.65. The Hall–Kier alpha value is -3.81. The molecule has 1 N–H and O–H groups in total. The van der Waals surface area contributed by atoms with E-state index in [1.165, 1.54) is 47.2 Å². The number of benzene rings is 2. The van der Waals surface area contributed by atoms with Crippen molar-refractivity contribution in [2.45, 2.75) is 13.5 Å². The maximum atomic E-state index is 13.9. The van der Waals surface area contributed by atoms with Crippen LogP contribution in [-0.4, -0.2) is 15.4 Å². The fraction of sp³-hybridized carbons (Fsp3) is 0.100. The molecule has 0 aliphatic carbocycles. The molecule has 3 aromatic rings. The number of pyridine rings is 1. The van der Waals surface area contributed by atoms with Crippen molar-refractivity contribution >= 4 is 17.3 Å². The summed E-state index contributed by atoms with van der Waals surface area (Å²) >= 11 is 0. The number of anilines is 1. The van der Waals surface area contributed by atoms with Crippen LogP contribution >= 0.6 is 0 Å². The Morgan fingerprint density at radius 1 is 1.18 bits per heavy atom. The third-order valence-electron chi connectivity index (χ3n) is 4.22. The molecule has 0 radical (unpaired) electrons. The lowest BCUT2D eigenvalue weighted by Crippen LogP contribution is -2.23. The quantitative estimate of drug-likeness (QED) is 0.541. The van der Waals surface area contributed by atoms with Crippen LogP contribution in [0.5, 0.6) is 0 Å². The summed E-state index contributed by atoms with van der Waals surface area (Å²) in [6.07, 6.45) is 1.33. The second-order valence-corrected chi connectivity index (χ2v) is 6.19. The van der Waals surface area contributed by atoms with E-state index in [2.05, 4.69) is 5.32 Å². The van der Waals surface area contributed by atoms with E-state index < -0.39 is 16.6 Å². The van der Waals surface area contributed by atoms with E-state index in [0.29, 0.717) is 16.8 Å². The zero-order valence-corrected chi connectivity index (χ0v) is 14.9. The normalized spacial score (nSPS) is 10.5. The van der Waals surface area contributed by atoms with Crippen LogP contribution < -0.4 is 10.9 Å². The summed E-state index contributed by atoms with van der Waals surface area (Å²) in [6.45, 7) is 1.68. The molecule has 0 aliphatic heterocycles. The second-order valence-electron chi connectivity index (χ2n) is 6.19. The average Bonchev–Trinajstić information content (AvgIpc) is 2.66. The molecule has 7 nitrogen and oxygen atoms in total. The minimum atomic E-state index is -0.552. The van der Waals surface area contributed by atoms with Crippen LogP contribution in [0.15, 0.2) is 65.6 Å². The van der Waals surface area contributed by atoms with E-state index in [4.69, 9.17) is 0 Å². The summed E-state index contributed by atoms with van der Waals surface area (Å²) < 4.78 is 15.1. The van der Waals surface area contributed by atoms with Gasteiger partial charge in [-0.25, -0.2) is 4.39 Å². The number of nitrogens with one attached hydrogen (secondary N) is 1. The first kappa shape index (κ1) is 19.0. The third-order valence-corrected chi connectivity index (χ3v) is 4.22. The monoisotopic (exact) mass is 381 g/mol. The molecule has 0 saturated carbocycles. The van der Waals surface area contributed by atoms with Crippen LogP contribution in [0.1, 0.15) is 21.5 Å². The molecule has 1 aromatic heterocycles. The topological polar surface area (TPSA) is 94.2 Å². The summed E-state index contributed by atoms with van der Waals surface area (Å²) in [4.78, 5) is 35.0. The number of nitro groups is 1. The van der Waals surface area contributed by atoms with Gasteiger partial charge in [-0.15, -0.1) is 0 Å². The average molecular weight is 381 g/mol. The number of carbonyl (C=O) groups excluding carboxylic acids is 1. The molecule has 3 rings (SSSR count). The van der Waals surface area contributed by atoms with Gasteiger partial charge in [-0.05, 0) is 24.6 Å². The van der Waals surface area contributed by atoms with Crippen molar-refractivity contribution in [3.8, 4) is 0 Å². The third kappa shape index (κ3) is 4.12. The lowest BCUT2D eigenvalue weighted by atomic mass is 10.1. The van der Waals surface area contributed by atoms with Crippen molar-refractivity contribution in [2.75, 3.05) is 5.32 Å². The van der Waals surface area contributed by atoms with Crippen molar-refractivity contribution in [1.82, 2.24) is 4.57 Å². The van der Waals surface area contributed by atoms with Crippen LogP contribution in [0.3, 0.4) is 0 Å². The molecule has 0 saturated heterocycles. The Balaban J connectivity index is 1.87. The molecule has 0 unspecified atom stereocenters. The smallest absolute Gasteiger partial charge is 0.271 e. The number of carbonyl (C=O) groups is 1. The number of aromatic nitrogens is 1. The van der Waals surface area contributed by atoms with Gasteiger partial charge in [0.2, 0.25) is 0 Å². The summed E-state index contributed by atoms with van der Waals surface area (Å²) in [5.41, 5.74) is 0.903. The molecule has 142 valence electrons. The van der Waals surface area contributed by atoms with Crippen LogP contribution in [0.2, 0.25) is 0 Å². The molecular weight excluding hydrogens is 365 g/mol. The minimum Gasteiger partial charge on any atom is -0.321 e. The van der Waals surface area contributed by atoms with E-state index in [1.54, 1.807) is 25.1 Å². The van der Waals surface area contributed by atoms with Crippen LogP contribution in [-0.2, 0) is 6.54 Å². The first-order chi connectivity index (χ1) is 13.3. The molecule has 0 fully saturated rings. The standard InChI is InChI=1S/C20H16FN3O4/c1-13-6-8-16(24(27)28)10-18(13)22-20(26)15-7-9-19(25)23(12-15)11-14-4-2-3-5-17(14)21/h2-10,12H,11H2,1H3,(H,22,26). The highest BCUT2D eigenvalue weighted by Gasteiger charge is 2.14. The van der Waals surface area contributed by atoms with Gasteiger partial charge < -0.3 is 9.88 Å². The van der Waals surface area contributed by atoms with E-state index in [1.807, 2.05) is 0 Å². The highest BCUT2D eigenvalue weighted by Crippen LogP contribution is 2.22. The van der Waals surface area contributed by atoms with Gasteiger partial charge in [0, 0.05) is 30.0 Å². The van der Waals surface area contributed by atoms with E-state index in [9.17, 15) is 24.1 Å². The lowest BCUT2D eigenvalue weighted by molar-refractivity contribution is -0.384. The molecule has 28 heavy (non-hydrogen) atoms. The molecule has 0 bridgehead atoms. The Morgan fingerprint density at radius 2 is 1.93 bits per heavy atom. The minimum absolute atomic E-state index is 0.0253. The second kappa shape index (κ2) is 7.83. The Labute approximate surface area is 159 Å². The van der Waals surface area contributed by atoms with Crippen molar-refractivity contribution in [2.24, 2.45) is 0 Å². The molecule has 2 aromatic carbocycles. The van der Waals surface area contributed by atoms with Crippen molar-refractivity contribution < 1.29 is 14.1 Å². The predicted molar refractivity (Wildman–Crippen MR) is 102 cm³/mol. The molecular formula is C20H16FN3O4. The van der Waals surface area contributed by atoms with Gasteiger partial charge in [-0.1, -0.05) is 24.3 Å². The highest BCUT2D eigenvalue weighted by molar-refractivity contribution is 6.04. The van der Waals surface area contributed by atoms with Gasteiger partial charge in [0.15, 0.2) is 0 Å². The van der Waals surface area contributed by atoms with Gasteiger partial charge in [0.05, 0.1) is 22.7 Å². The van der Waals surface area contributed by atoms with Gasteiger partial charge in [0.25, 0.3) is 17.2 Å². The molecule has 8 heteroatoms. The largest absolute Gasteiger partial charge is 0.321 e. The number of hydrogen-bond acceptors (Lipinski definition) is 4. The predicted octanol–water partition coefficient (Wildman–Crippen LogP) is 3.50. The first-order valence-corrected chi connectivity index (χ1v) is 8.35. The van der Waals surface area contributed by atoms with Gasteiger partial charge in [-0.3, -0.25) is 19.7 Å². The number of nitro benzene ring substituents is 1. The Kier molecular flexibility index (Phi) is 5.30. The van der Waals surface area contributed by atoms with Crippen molar-refractivity contribution in [1.29, 1.82) is 0 Å². The zero-order valence-electron chi connectivity index (χ0n) is 14.9. The number of rotatable bonds is 5. The van der Waals surface area contributed by atoms with Crippen molar-refractivity contribution in [3.05, 3.63) is 104 Å². The van der Waals surface area contributed by atoms with E-state index in [0.717, 1.165) is 0 Å². The SMILES string of the molecule is Cc1ccc([N+](=O)[O-])cc1NC(=O)c1ccc(=O)n(Cc2ccccc2F)c1. The zero-order chi connectivity index (χ0) is 20.3. The van der Waals surface area contributed by atoms with Gasteiger partial charge in [0.1, 0.15) is 5.82 Å². The number of nitrogens with zero attached hydrogens (tertiary/aromatic N) is 2. The summed E-state index contributed by atoms with van der Waals surface area (Å²) in [6, 6.07) is 12.8. The molecule has 1 amide bonds. The fourth-order valence-corrected chi connectivity index (χ4v) is 2.65. The number of non-ortho nitro benzene ring substituents is 1. The van der Waals surface area contributed by atoms with Crippen molar-refractivity contribution in [3.63, 3.8) is 0 Å². The Bertz CT molecular complexity index is 1120. The maximum absolute atomic E-state index is 13.9. The lowest BCUT2D eigenvalue weighted by Gasteiger charge is -2.11. The summed E-state index contributed by atoms with van der Waals surface area (Å²) in [5, 5.41) is 13.5. The highest BCUT2D eigenvalue weighted by atomic mass is 19.1. The molecule has 1 heterocycles.